The van der Waals surface area contributed by atoms with Crippen LogP contribution in [0.15, 0.2) is 72.3 Å². The number of aliphatic hydroxyl groups excluding tert-OH is 1. The zero-order valence-corrected chi connectivity index (χ0v) is 21.2. The van der Waals surface area contributed by atoms with E-state index in [1.165, 1.54) is 4.90 Å². The molecule has 1 atom stereocenters. The Kier molecular flexibility index (Phi) is 7.15. The zero-order chi connectivity index (χ0) is 26.0. The summed E-state index contributed by atoms with van der Waals surface area (Å²) < 4.78 is 11.3. The molecular weight excluding hydrogens is 454 g/mol. The first-order valence-electron chi connectivity index (χ1n) is 12.0. The number of aryl methyl sites for hydroxylation is 1. The third-order valence-electron chi connectivity index (χ3n) is 6.42. The van der Waals surface area contributed by atoms with Gasteiger partial charge in [0.2, 0.25) is 0 Å². The number of amides is 1. The number of anilines is 1. The van der Waals surface area contributed by atoms with E-state index in [-0.39, 0.29) is 11.3 Å². The summed E-state index contributed by atoms with van der Waals surface area (Å²) >= 11 is 0. The van der Waals surface area contributed by atoms with Gasteiger partial charge in [-0.25, -0.2) is 0 Å². The lowest BCUT2D eigenvalue weighted by Gasteiger charge is -2.28. The van der Waals surface area contributed by atoms with Crippen LogP contribution in [0.5, 0.6) is 11.5 Å². The van der Waals surface area contributed by atoms with Crippen molar-refractivity contribution in [2.24, 2.45) is 5.92 Å². The van der Waals surface area contributed by atoms with Crippen LogP contribution in [0.25, 0.3) is 5.76 Å². The van der Waals surface area contributed by atoms with Crippen LogP contribution >= 0.6 is 0 Å². The van der Waals surface area contributed by atoms with Crippen molar-refractivity contribution in [3.8, 4) is 11.5 Å². The van der Waals surface area contributed by atoms with Crippen molar-refractivity contribution in [3.63, 3.8) is 0 Å². The van der Waals surface area contributed by atoms with Crippen molar-refractivity contribution in [2.75, 3.05) is 18.6 Å². The molecule has 1 fully saturated rings. The van der Waals surface area contributed by atoms with Gasteiger partial charge in [0.1, 0.15) is 17.3 Å². The first kappa shape index (κ1) is 25.0. The van der Waals surface area contributed by atoms with Crippen molar-refractivity contribution in [1.29, 1.82) is 0 Å². The molecule has 1 saturated heterocycles. The second kappa shape index (κ2) is 10.3. The summed E-state index contributed by atoms with van der Waals surface area (Å²) in [6.07, 6.45) is 0. The topological polar surface area (TPSA) is 76.1 Å². The maximum atomic E-state index is 13.5. The van der Waals surface area contributed by atoms with Crippen LogP contribution in [0, 0.1) is 19.8 Å². The quantitative estimate of drug-likeness (QED) is 0.253. The Morgan fingerprint density at radius 2 is 1.67 bits per heavy atom. The lowest BCUT2D eigenvalue weighted by atomic mass is 9.94. The smallest absolute Gasteiger partial charge is 0.300 e. The molecule has 4 rings (SSSR count). The number of rotatable bonds is 7. The lowest BCUT2D eigenvalue weighted by Crippen LogP contribution is -2.30. The molecule has 1 heterocycles. The van der Waals surface area contributed by atoms with Crippen molar-refractivity contribution < 1.29 is 24.2 Å². The molecule has 1 aliphatic heterocycles. The molecule has 3 aromatic rings. The van der Waals surface area contributed by atoms with Crippen LogP contribution in [-0.4, -0.2) is 30.5 Å². The highest BCUT2D eigenvalue weighted by molar-refractivity contribution is 6.51. The fourth-order valence-corrected chi connectivity index (χ4v) is 4.39. The minimum atomic E-state index is -0.862. The van der Waals surface area contributed by atoms with E-state index in [1.54, 1.807) is 37.4 Å². The third-order valence-corrected chi connectivity index (χ3v) is 6.42. The molecule has 0 spiro atoms. The first-order valence-corrected chi connectivity index (χ1v) is 12.0. The van der Waals surface area contributed by atoms with Crippen LogP contribution in [0.3, 0.4) is 0 Å². The molecule has 0 saturated carbocycles. The van der Waals surface area contributed by atoms with Crippen molar-refractivity contribution >= 4 is 23.1 Å². The van der Waals surface area contributed by atoms with E-state index in [9.17, 15) is 14.7 Å². The highest BCUT2D eigenvalue weighted by Gasteiger charge is 2.48. The third kappa shape index (κ3) is 4.59. The van der Waals surface area contributed by atoms with E-state index < -0.39 is 17.7 Å². The Balaban J connectivity index is 1.89. The van der Waals surface area contributed by atoms with Gasteiger partial charge in [-0.2, -0.15) is 0 Å². The summed E-state index contributed by atoms with van der Waals surface area (Å²) in [5.41, 5.74) is 3.53. The number of hydrogen-bond acceptors (Lipinski definition) is 5. The predicted molar refractivity (Wildman–Crippen MR) is 140 cm³/mol. The fourth-order valence-electron chi connectivity index (χ4n) is 4.39. The Hall–Kier alpha value is -4.06. The zero-order valence-electron chi connectivity index (χ0n) is 21.2. The first-order chi connectivity index (χ1) is 17.2. The highest BCUT2D eigenvalue weighted by Crippen LogP contribution is 2.45. The van der Waals surface area contributed by atoms with Gasteiger partial charge in [0.15, 0.2) is 0 Å². The van der Waals surface area contributed by atoms with E-state index in [4.69, 9.17) is 9.47 Å². The van der Waals surface area contributed by atoms with Gasteiger partial charge in [-0.15, -0.1) is 0 Å². The summed E-state index contributed by atoms with van der Waals surface area (Å²) in [6, 6.07) is 18.9. The monoisotopic (exact) mass is 485 g/mol. The molecule has 36 heavy (non-hydrogen) atoms. The second-order valence-corrected chi connectivity index (χ2v) is 9.36. The Morgan fingerprint density at radius 1 is 0.972 bits per heavy atom. The van der Waals surface area contributed by atoms with E-state index in [1.807, 2.05) is 50.2 Å². The maximum absolute atomic E-state index is 13.5. The van der Waals surface area contributed by atoms with E-state index >= 15 is 0 Å². The Labute approximate surface area is 211 Å². The van der Waals surface area contributed by atoms with Crippen LogP contribution < -0.4 is 14.4 Å². The van der Waals surface area contributed by atoms with Gasteiger partial charge in [-0.3, -0.25) is 14.5 Å². The summed E-state index contributed by atoms with van der Waals surface area (Å²) in [6.45, 7) is 8.57. The molecule has 1 amide bonds. The lowest BCUT2D eigenvalue weighted by molar-refractivity contribution is -0.132. The molecule has 1 unspecified atom stereocenters. The molecule has 3 aromatic carbocycles. The molecule has 6 heteroatoms. The molecule has 0 radical (unpaired) electrons. The van der Waals surface area contributed by atoms with Gasteiger partial charge in [0.25, 0.3) is 11.7 Å². The summed E-state index contributed by atoms with van der Waals surface area (Å²) in [5, 5.41) is 11.4. The van der Waals surface area contributed by atoms with Gasteiger partial charge < -0.3 is 14.6 Å². The Morgan fingerprint density at radius 3 is 2.33 bits per heavy atom. The maximum Gasteiger partial charge on any atom is 0.300 e. The van der Waals surface area contributed by atoms with Gasteiger partial charge in [-0.1, -0.05) is 44.2 Å². The number of para-hydroxylation sites is 1. The number of carbonyl (C=O) groups excluding carboxylic acids is 2. The van der Waals surface area contributed by atoms with Crippen molar-refractivity contribution in [3.05, 3.63) is 94.6 Å². The number of Topliss-reactive ketones (excluding diaryl/α,β-unsaturated/α-hetero) is 1. The standard InChI is InChI=1S/C30H31NO5/c1-18(2)17-36-22-15-13-21(14-16-22)28(32)26-27(23-10-6-7-12-25(23)35-5)31(30(34)29(26)33)24-11-8-9-19(3)20(24)4/h6-16,18,27,32H,17H2,1-5H3/b28-26+. The molecule has 0 aliphatic carbocycles. The number of aliphatic hydroxyl groups is 1. The van der Waals surface area contributed by atoms with E-state index in [2.05, 4.69) is 13.8 Å². The predicted octanol–water partition coefficient (Wildman–Crippen LogP) is 5.97. The number of carbonyl (C=O) groups is 2. The van der Waals surface area contributed by atoms with Gasteiger partial charge in [-0.05, 0) is 67.3 Å². The highest BCUT2D eigenvalue weighted by atomic mass is 16.5. The van der Waals surface area contributed by atoms with Crippen LogP contribution in [0.4, 0.5) is 5.69 Å². The average molecular weight is 486 g/mol. The van der Waals surface area contributed by atoms with Crippen LogP contribution in [-0.2, 0) is 9.59 Å². The molecule has 186 valence electrons. The summed E-state index contributed by atoms with van der Waals surface area (Å²) in [4.78, 5) is 28.4. The van der Waals surface area contributed by atoms with Gasteiger partial charge >= 0.3 is 0 Å². The average Bonchev–Trinajstić information content (AvgIpc) is 3.14. The number of hydrogen-bond donors (Lipinski definition) is 1. The molecular formula is C30H31NO5. The van der Waals surface area contributed by atoms with Crippen LogP contribution in [0.2, 0.25) is 0 Å². The number of ether oxygens (including phenoxy) is 2. The normalized spacial score (nSPS) is 17.1. The number of methoxy groups -OCH3 is 1. The molecule has 0 aromatic heterocycles. The summed E-state index contributed by atoms with van der Waals surface area (Å²) in [7, 11) is 1.54. The fraction of sp³-hybridized carbons (Fsp3) is 0.267. The minimum absolute atomic E-state index is 0.0151. The largest absolute Gasteiger partial charge is 0.507 e. The molecule has 1 N–H and O–H groups in total. The number of benzene rings is 3. The SMILES string of the molecule is COc1ccccc1C1/C(=C(\O)c2ccc(OCC(C)C)cc2)C(=O)C(=O)N1c1cccc(C)c1C. The second-order valence-electron chi connectivity index (χ2n) is 9.36. The summed E-state index contributed by atoms with van der Waals surface area (Å²) in [5.74, 6) is -0.129. The molecule has 6 nitrogen and oxygen atoms in total. The minimum Gasteiger partial charge on any atom is -0.507 e. The Bertz CT molecular complexity index is 1320. The van der Waals surface area contributed by atoms with Crippen molar-refractivity contribution in [1.82, 2.24) is 0 Å². The number of nitrogens with zero attached hydrogens (tertiary/aromatic N) is 1. The van der Waals surface area contributed by atoms with Gasteiger partial charge in [0, 0.05) is 16.8 Å². The van der Waals surface area contributed by atoms with Gasteiger partial charge in [0.05, 0.1) is 25.3 Å². The number of ketones is 1. The van der Waals surface area contributed by atoms with Crippen LogP contribution in [0.1, 0.15) is 42.1 Å². The van der Waals surface area contributed by atoms with E-state index in [0.717, 1.165) is 11.1 Å². The molecule has 1 aliphatic rings. The van der Waals surface area contributed by atoms with Crippen molar-refractivity contribution in [2.45, 2.75) is 33.7 Å². The molecule has 0 bridgehead atoms. The van der Waals surface area contributed by atoms with E-state index in [0.29, 0.717) is 40.8 Å².